The molecule has 2 nitrogen and oxygen atoms in total. The van der Waals surface area contributed by atoms with E-state index in [1.54, 1.807) is 0 Å². The summed E-state index contributed by atoms with van der Waals surface area (Å²) in [6.45, 7) is 12.1. The molecule has 0 heterocycles. The van der Waals surface area contributed by atoms with Crippen LogP contribution >= 0.6 is 0 Å². The van der Waals surface area contributed by atoms with E-state index in [-0.39, 0.29) is 5.91 Å². The summed E-state index contributed by atoms with van der Waals surface area (Å²) in [7, 11) is -0.630. The first-order valence-corrected chi connectivity index (χ1v) is 9.68. The average molecular weight is 307 g/mol. The van der Waals surface area contributed by atoms with Crippen LogP contribution in [0.1, 0.15) is 52.0 Å². The van der Waals surface area contributed by atoms with Crippen LogP contribution in [0.5, 0.6) is 0 Å². The van der Waals surface area contributed by atoms with Gasteiger partial charge < -0.3 is 9.47 Å². The Morgan fingerprint density at radius 2 is 1.67 bits per heavy atom. The Morgan fingerprint density at radius 3 is 2.19 bits per heavy atom. The van der Waals surface area contributed by atoms with E-state index in [4.69, 9.17) is 9.47 Å². The topological polar surface area (TPSA) is 18.5 Å². The van der Waals surface area contributed by atoms with Crippen molar-refractivity contribution in [3.63, 3.8) is 0 Å². The minimum atomic E-state index is -0.630. The lowest BCUT2D eigenvalue weighted by Gasteiger charge is -2.20. The molecular formula is C18H30O2Si. The zero-order valence-electron chi connectivity index (χ0n) is 13.9. The molecule has 0 spiro atoms. The highest BCUT2D eigenvalue weighted by molar-refractivity contribution is 6.55. The third-order valence-corrected chi connectivity index (χ3v) is 5.33. The minimum absolute atomic E-state index is 0.0106. The molecule has 0 saturated carbocycles. The first kappa shape index (κ1) is 18.1. The molecule has 118 valence electrons. The third-order valence-electron chi connectivity index (χ3n) is 3.47. The van der Waals surface area contributed by atoms with Gasteiger partial charge in [-0.15, -0.1) is 0 Å². The first-order valence-electron chi connectivity index (χ1n) is 8.16. The highest BCUT2D eigenvalue weighted by Crippen LogP contribution is 2.09. The van der Waals surface area contributed by atoms with Crippen molar-refractivity contribution in [2.75, 3.05) is 13.2 Å². The largest absolute Gasteiger partial charge is 0.357 e. The molecule has 1 aromatic rings. The third kappa shape index (κ3) is 7.07. The lowest BCUT2D eigenvalue weighted by atomic mass is 10.1. The zero-order valence-corrected chi connectivity index (χ0v) is 15.3. The number of rotatable bonds is 11. The van der Waals surface area contributed by atoms with E-state index < -0.39 is 9.52 Å². The molecule has 0 saturated heterocycles. The maximum absolute atomic E-state index is 5.98. The van der Waals surface area contributed by atoms with Gasteiger partial charge in [-0.1, -0.05) is 68.3 Å². The highest BCUT2D eigenvalue weighted by atomic mass is 28.2. The van der Waals surface area contributed by atoms with Crippen LogP contribution in [0.2, 0.25) is 0 Å². The monoisotopic (exact) mass is 306 g/mol. The highest BCUT2D eigenvalue weighted by Gasteiger charge is 2.14. The van der Waals surface area contributed by atoms with E-state index in [0.717, 1.165) is 44.5 Å². The Bertz CT molecular complexity index is 407. The predicted molar refractivity (Wildman–Crippen MR) is 94.8 cm³/mol. The van der Waals surface area contributed by atoms with Crippen LogP contribution in [-0.2, 0) is 9.47 Å². The Kier molecular flexibility index (Phi) is 9.31. The molecule has 0 bridgehead atoms. The fraction of sp³-hybridized carbons (Fsp3) is 0.556. The Balaban J connectivity index is 2.67. The van der Waals surface area contributed by atoms with E-state index in [0.29, 0.717) is 0 Å². The number of allylic oxidation sites excluding steroid dienone is 1. The molecule has 0 aliphatic heterocycles. The van der Waals surface area contributed by atoms with Gasteiger partial charge in [-0.25, -0.2) is 0 Å². The fourth-order valence-electron chi connectivity index (χ4n) is 2.18. The van der Waals surface area contributed by atoms with Gasteiger partial charge in [0.25, 0.3) is 0 Å². The zero-order chi connectivity index (χ0) is 15.5. The predicted octanol–water partition coefficient (Wildman–Crippen LogP) is 3.43. The number of benzene rings is 1. The van der Waals surface area contributed by atoms with E-state index in [1.165, 1.54) is 10.8 Å². The van der Waals surface area contributed by atoms with Crippen molar-refractivity contribution in [3.8, 4) is 0 Å². The van der Waals surface area contributed by atoms with Crippen LogP contribution in [0.4, 0.5) is 0 Å². The molecule has 0 radical (unpaired) electrons. The summed E-state index contributed by atoms with van der Waals surface area (Å²) in [5.74, 6) is -0.0106. The molecule has 1 rings (SSSR count). The molecule has 0 fully saturated rings. The lowest BCUT2D eigenvalue weighted by Crippen LogP contribution is -2.35. The molecule has 3 heteroatoms. The number of unbranched alkanes of at least 4 members (excludes halogenated alkanes) is 2. The van der Waals surface area contributed by atoms with Crippen LogP contribution in [0.3, 0.4) is 0 Å². The molecule has 0 aromatic heterocycles. The maximum Gasteiger partial charge on any atom is 0.139 e. The van der Waals surface area contributed by atoms with Gasteiger partial charge in [0, 0.05) is 13.2 Å². The molecule has 0 N–H and O–H groups in total. The summed E-state index contributed by atoms with van der Waals surface area (Å²) in [6.07, 6.45) is 4.52. The van der Waals surface area contributed by atoms with Crippen molar-refractivity contribution in [1.29, 1.82) is 0 Å². The Labute approximate surface area is 132 Å². The van der Waals surface area contributed by atoms with E-state index in [1.807, 2.05) is 0 Å². The second kappa shape index (κ2) is 10.8. The van der Waals surface area contributed by atoms with Gasteiger partial charge in [0.2, 0.25) is 0 Å². The molecular weight excluding hydrogens is 276 g/mol. The normalized spacial score (nSPS) is 11.6. The molecule has 21 heavy (non-hydrogen) atoms. The molecule has 0 aliphatic carbocycles. The summed E-state index contributed by atoms with van der Waals surface area (Å²) in [5, 5.41) is 1.39. The van der Waals surface area contributed by atoms with Crippen LogP contribution in [0, 0.1) is 0 Å². The van der Waals surface area contributed by atoms with Crippen molar-refractivity contribution in [1.82, 2.24) is 0 Å². The fourth-order valence-corrected chi connectivity index (χ4v) is 4.02. The quantitative estimate of drug-likeness (QED) is 0.354. The average Bonchev–Trinajstić information content (AvgIpc) is 2.48. The van der Waals surface area contributed by atoms with Gasteiger partial charge >= 0.3 is 0 Å². The summed E-state index contributed by atoms with van der Waals surface area (Å²) in [6, 6.07) is 8.53. The van der Waals surface area contributed by atoms with Crippen molar-refractivity contribution < 1.29 is 9.47 Å². The molecule has 1 aromatic carbocycles. The van der Waals surface area contributed by atoms with Crippen LogP contribution in [-0.4, -0.2) is 28.6 Å². The van der Waals surface area contributed by atoms with E-state index in [2.05, 4.69) is 51.6 Å². The first-order chi connectivity index (χ1) is 10.2. The molecule has 0 unspecified atom stereocenters. The summed E-state index contributed by atoms with van der Waals surface area (Å²) in [5.41, 5.74) is 2.39. The van der Waals surface area contributed by atoms with Crippen molar-refractivity contribution in [2.45, 2.75) is 52.4 Å². The molecule has 0 atom stereocenters. The summed E-state index contributed by atoms with van der Waals surface area (Å²) >= 11 is 0. The minimum Gasteiger partial charge on any atom is -0.357 e. The Hall–Kier alpha value is -0.903. The summed E-state index contributed by atoms with van der Waals surface area (Å²) in [4.78, 5) is 0. The van der Waals surface area contributed by atoms with E-state index in [9.17, 15) is 0 Å². The lowest BCUT2D eigenvalue weighted by molar-refractivity contribution is -0.0910. The van der Waals surface area contributed by atoms with Crippen LogP contribution < -0.4 is 5.19 Å². The van der Waals surface area contributed by atoms with Gasteiger partial charge in [-0.2, -0.15) is 0 Å². The van der Waals surface area contributed by atoms with Crippen molar-refractivity contribution in [3.05, 3.63) is 36.4 Å². The maximum atomic E-state index is 5.98. The van der Waals surface area contributed by atoms with Gasteiger partial charge in [0.15, 0.2) is 0 Å². The standard InChI is InChI=1S/C18H30O2Si/c1-5-7-13-19-18(20-14-8-6-2)21-17-12-10-9-11-16(17)15(3)4/h9-12,18H,3,5-8,13-14,21H2,1-2,4H3. The van der Waals surface area contributed by atoms with Gasteiger partial charge in [-0.3, -0.25) is 0 Å². The number of hydrogen-bond acceptors (Lipinski definition) is 2. The SMILES string of the molecule is C=C(C)c1ccccc1[SiH2]C(OCCCC)OCCCC. The van der Waals surface area contributed by atoms with Crippen LogP contribution in [0.25, 0.3) is 5.57 Å². The van der Waals surface area contributed by atoms with E-state index >= 15 is 0 Å². The number of hydrogen-bond donors (Lipinski definition) is 0. The van der Waals surface area contributed by atoms with Crippen molar-refractivity contribution >= 4 is 20.3 Å². The van der Waals surface area contributed by atoms with Gasteiger partial charge in [0.1, 0.15) is 15.4 Å². The van der Waals surface area contributed by atoms with Crippen LogP contribution in [0.15, 0.2) is 30.8 Å². The second-order valence-corrected chi connectivity index (χ2v) is 7.36. The molecule has 0 amide bonds. The molecule has 0 aliphatic rings. The summed E-state index contributed by atoms with van der Waals surface area (Å²) < 4.78 is 12.0. The number of ether oxygens (including phenoxy) is 2. The Morgan fingerprint density at radius 1 is 1.10 bits per heavy atom. The van der Waals surface area contributed by atoms with Crippen molar-refractivity contribution in [2.24, 2.45) is 0 Å². The van der Waals surface area contributed by atoms with Gasteiger partial charge in [0.05, 0.1) is 0 Å². The second-order valence-electron chi connectivity index (χ2n) is 5.52. The smallest absolute Gasteiger partial charge is 0.139 e. The van der Waals surface area contributed by atoms with Gasteiger partial charge in [-0.05, 0) is 25.3 Å².